The average Bonchev–Trinajstić information content (AvgIpc) is 3.20. The fourth-order valence-corrected chi connectivity index (χ4v) is 3.99. The lowest BCUT2D eigenvalue weighted by Crippen LogP contribution is -2.29. The minimum absolute atomic E-state index is 0.129. The Balaban J connectivity index is 1.47. The smallest absolute Gasteiger partial charge is 0.306 e. The fourth-order valence-electron chi connectivity index (χ4n) is 3.99. The maximum atomic E-state index is 11.3. The van der Waals surface area contributed by atoms with Crippen molar-refractivity contribution in [1.29, 1.82) is 0 Å². The molecule has 0 radical (unpaired) electrons. The van der Waals surface area contributed by atoms with Crippen LogP contribution in [0.4, 0.5) is 0 Å². The number of aromatic nitrogens is 6. The van der Waals surface area contributed by atoms with Crippen LogP contribution in [-0.2, 0) is 18.4 Å². The summed E-state index contributed by atoms with van der Waals surface area (Å²) in [6.07, 6.45) is 4.28. The molecule has 3 heterocycles. The van der Waals surface area contributed by atoms with E-state index in [4.69, 9.17) is 14.2 Å². The zero-order valence-electron chi connectivity index (χ0n) is 19.5. The number of aliphatic carboxylic acids is 1. The zero-order chi connectivity index (χ0) is 24.1. The molecular weight excluding hydrogens is 440 g/mol. The van der Waals surface area contributed by atoms with Crippen molar-refractivity contribution >= 4 is 5.97 Å². The molecule has 0 aromatic carbocycles. The number of rotatable bonds is 9. The van der Waals surface area contributed by atoms with E-state index in [2.05, 4.69) is 25.5 Å². The number of hydrogen-bond acceptors (Lipinski definition) is 9. The lowest BCUT2D eigenvalue weighted by Gasteiger charge is -2.27. The van der Waals surface area contributed by atoms with Crippen molar-refractivity contribution in [1.82, 2.24) is 30.2 Å². The molecule has 0 bridgehead atoms. The van der Waals surface area contributed by atoms with Crippen LogP contribution in [0.1, 0.15) is 44.0 Å². The second kappa shape index (κ2) is 10.4. The Bertz CT molecular complexity index is 1150. The Hall–Kier alpha value is -3.76. The first-order valence-corrected chi connectivity index (χ1v) is 11.3. The van der Waals surface area contributed by atoms with E-state index in [0.29, 0.717) is 53.9 Å². The summed E-state index contributed by atoms with van der Waals surface area (Å²) in [6, 6.07) is 5.34. The van der Waals surface area contributed by atoms with Gasteiger partial charge in [0.2, 0.25) is 5.88 Å². The second-order valence-corrected chi connectivity index (χ2v) is 8.18. The standard InChI is InChI=1S/C23H28N6O5/c1-4-32-17-11-21(26-24-12-17)33-13-19-22(27-28-29(19)3)18-8-9-20(14(2)25-18)34-16-7-5-6-15(10-16)23(30)31/h8-9,11-12,15-16H,4-7,10,13H2,1-3H3,(H,30,31)/t15-,16-/m0/s1. The quantitative estimate of drug-likeness (QED) is 0.499. The summed E-state index contributed by atoms with van der Waals surface area (Å²) in [5.74, 6) is 0.442. The molecule has 11 nitrogen and oxygen atoms in total. The van der Waals surface area contributed by atoms with Gasteiger partial charge < -0.3 is 19.3 Å². The Labute approximate surface area is 197 Å². The number of hydrogen-bond donors (Lipinski definition) is 1. The normalized spacial score (nSPS) is 17.9. The molecule has 1 N–H and O–H groups in total. The predicted molar refractivity (Wildman–Crippen MR) is 121 cm³/mol. The first-order valence-electron chi connectivity index (χ1n) is 11.3. The maximum absolute atomic E-state index is 11.3. The van der Waals surface area contributed by atoms with Crippen LogP contribution in [0.2, 0.25) is 0 Å². The molecule has 1 saturated carbocycles. The number of carboxylic acids is 1. The molecule has 11 heteroatoms. The summed E-state index contributed by atoms with van der Waals surface area (Å²) in [6.45, 7) is 4.44. The van der Waals surface area contributed by atoms with Gasteiger partial charge >= 0.3 is 5.97 Å². The maximum Gasteiger partial charge on any atom is 0.306 e. The van der Waals surface area contributed by atoms with Gasteiger partial charge in [0, 0.05) is 13.1 Å². The molecular formula is C23H28N6O5. The van der Waals surface area contributed by atoms with Crippen LogP contribution in [0.15, 0.2) is 24.4 Å². The highest BCUT2D eigenvalue weighted by Gasteiger charge is 2.28. The van der Waals surface area contributed by atoms with E-state index in [-0.39, 0.29) is 18.6 Å². The molecule has 3 aromatic rings. The molecule has 0 unspecified atom stereocenters. The van der Waals surface area contributed by atoms with Crippen LogP contribution in [0.3, 0.4) is 0 Å². The number of carbonyl (C=O) groups is 1. The Morgan fingerprint density at radius 1 is 1.24 bits per heavy atom. The van der Waals surface area contributed by atoms with E-state index >= 15 is 0 Å². The first-order chi connectivity index (χ1) is 16.4. The van der Waals surface area contributed by atoms with E-state index in [1.165, 1.54) is 6.20 Å². The molecule has 0 saturated heterocycles. The number of nitrogens with zero attached hydrogens (tertiary/aromatic N) is 6. The topological polar surface area (TPSA) is 134 Å². The van der Waals surface area contributed by atoms with Crippen molar-refractivity contribution in [2.24, 2.45) is 13.0 Å². The van der Waals surface area contributed by atoms with Crippen molar-refractivity contribution in [2.75, 3.05) is 6.61 Å². The molecule has 1 aliphatic carbocycles. The van der Waals surface area contributed by atoms with Crippen LogP contribution >= 0.6 is 0 Å². The van der Waals surface area contributed by atoms with E-state index in [1.807, 2.05) is 26.0 Å². The molecule has 3 aromatic heterocycles. The van der Waals surface area contributed by atoms with Crippen molar-refractivity contribution < 1.29 is 24.1 Å². The van der Waals surface area contributed by atoms with Crippen LogP contribution < -0.4 is 14.2 Å². The van der Waals surface area contributed by atoms with Crippen molar-refractivity contribution in [3.63, 3.8) is 0 Å². The first kappa shape index (κ1) is 23.4. The third-order valence-corrected chi connectivity index (χ3v) is 5.77. The van der Waals surface area contributed by atoms with Gasteiger partial charge in [-0.1, -0.05) is 5.21 Å². The highest BCUT2D eigenvalue weighted by atomic mass is 16.5. The molecule has 1 aliphatic rings. The molecule has 0 spiro atoms. The number of carboxylic acid groups (broad SMARTS) is 1. The van der Waals surface area contributed by atoms with Crippen molar-refractivity contribution in [2.45, 2.75) is 52.2 Å². The summed E-state index contributed by atoms with van der Waals surface area (Å²) in [7, 11) is 1.78. The molecule has 1 fully saturated rings. The largest absolute Gasteiger partial charge is 0.492 e. The zero-order valence-corrected chi connectivity index (χ0v) is 19.5. The number of aryl methyl sites for hydroxylation is 2. The third kappa shape index (κ3) is 5.41. The van der Waals surface area contributed by atoms with Gasteiger partial charge in [0.05, 0.1) is 36.2 Å². The lowest BCUT2D eigenvalue weighted by atomic mass is 9.87. The van der Waals surface area contributed by atoms with E-state index in [1.54, 1.807) is 17.8 Å². The summed E-state index contributed by atoms with van der Waals surface area (Å²) >= 11 is 0. The average molecular weight is 469 g/mol. The van der Waals surface area contributed by atoms with Crippen molar-refractivity contribution in [3.8, 4) is 28.8 Å². The molecule has 2 atom stereocenters. The summed E-state index contributed by atoms with van der Waals surface area (Å²) < 4.78 is 19.0. The third-order valence-electron chi connectivity index (χ3n) is 5.77. The van der Waals surface area contributed by atoms with Gasteiger partial charge in [0.25, 0.3) is 0 Å². The summed E-state index contributed by atoms with van der Waals surface area (Å²) in [5, 5.41) is 25.6. The van der Waals surface area contributed by atoms with E-state index in [0.717, 1.165) is 18.5 Å². The van der Waals surface area contributed by atoms with Gasteiger partial charge in [-0.25, -0.2) is 9.67 Å². The summed E-state index contributed by atoms with van der Waals surface area (Å²) in [4.78, 5) is 16.0. The predicted octanol–water partition coefficient (Wildman–Crippen LogP) is 2.98. The number of pyridine rings is 1. The van der Waals surface area contributed by atoms with Gasteiger partial charge in [0.1, 0.15) is 29.5 Å². The minimum atomic E-state index is -0.758. The number of ether oxygens (including phenoxy) is 3. The molecule has 34 heavy (non-hydrogen) atoms. The van der Waals surface area contributed by atoms with Gasteiger partial charge in [-0.2, -0.15) is 5.10 Å². The Morgan fingerprint density at radius 2 is 2.09 bits per heavy atom. The van der Waals surface area contributed by atoms with E-state index < -0.39 is 5.97 Å². The molecule has 0 amide bonds. The van der Waals surface area contributed by atoms with Crippen LogP contribution in [0.25, 0.3) is 11.4 Å². The molecule has 0 aliphatic heterocycles. The lowest BCUT2D eigenvalue weighted by molar-refractivity contribution is -0.143. The van der Waals surface area contributed by atoms with Gasteiger partial charge in [-0.15, -0.1) is 10.2 Å². The second-order valence-electron chi connectivity index (χ2n) is 8.18. The van der Waals surface area contributed by atoms with Gasteiger partial charge in [-0.05, 0) is 51.7 Å². The van der Waals surface area contributed by atoms with E-state index in [9.17, 15) is 9.90 Å². The minimum Gasteiger partial charge on any atom is -0.492 e. The highest BCUT2D eigenvalue weighted by molar-refractivity contribution is 5.70. The van der Waals surface area contributed by atoms with Crippen molar-refractivity contribution in [3.05, 3.63) is 35.8 Å². The Morgan fingerprint density at radius 3 is 2.85 bits per heavy atom. The Kier molecular flexibility index (Phi) is 7.19. The van der Waals surface area contributed by atoms with Gasteiger partial charge in [0.15, 0.2) is 0 Å². The monoisotopic (exact) mass is 468 g/mol. The SMILES string of the molecule is CCOc1cnnc(OCc2c(-c3ccc(O[C@H]4CCC[C@H](C(=O)O)C4)c(C)n3)nnn2C)c1. The van der Waals surface area contributed by atoms with Crippen LogP contribution in [0, 0.1) is 12.8 Å². The molecule has 180 valence electrons. The fraction of sp³-hybridized carbons (Fsp3) is 0.478. The van der Waals surface area contributed by atoms with Gasteiger partial charge in [-0.3, -0.25) is 4.79 Å². The molecule has 4 rings (SSSR count). The van der Waals surface area contributed by atoms with Crippen LogP contribution in [0.5, 0.6) is 17.4 Å². The highest BCUT2D eigenvalue weighted by Crippen LogP contribution is 2.30. The van der Waals surface area contributed by atoms with Crippen LogP contribution in [-0.4, -0.2) is 54.0 Å². The summed E-state index contributed by atoms with van der Waals surface area (Å²) in [5.41, 5.74) is 2.65.